The fourth-order valence-corrected chi connectivity index (χ4v) is 5.64. The van der Waals surface area contributed by atoms with Crippen LogP contribution in [0.15, 0.2) is 23.1 Å². The summed E-state index contributed by atoms with van der Waals surface area (Å²) in [7, 11) is -3.60. The normalized spacial score (nSPS) is 30.3. The van der Waals surface area contributed by atoms with Crippen molar-refractivity contribution in [3.63, 3.8) is 0 Å². The largest absolute Gasteiger partial charge is 0.489 e. The quantitative estimate of drug-likeness (QED) is 0.875. The molecule has 1 saturated heterocycles. The van der Waals surface area contributed by atoms with E-state index in [4.69, 9.17) is 4.74 Å². The lowest BCUT2D eigenvalue weighted by Gasteiger charge is -2.31. The van der Waals surface area contributed by atoms with Gasteiger partial charge in [0.1, 0.15) is 10.6 Å². The average Bonchev–Trinajstić information content (AvgIpc) is 3.26. The van der Waals surface area contributed by atoms with E-state index in [1.54, 1.807) is 10.4 Å². The first-order valence-electron chi connectivity index (χ1n) is 8.71. The molecule has 2 atom stereocenters. The van der Waals surface area contributed by atoms with E-state index < -0.39 is 16.1 Å². The summed E-state index contributed by atoms with van der Waals surface area (Å²) in [4.78, 5) is 2.24. The second-order valence-corrected chi connectivity index (χ2v) is 8.88. The van der Waals surface area contributed by atoms with Gasteiger partial charge in [0.15, 0.2) is 0 Å². The van der Waals surface area contributed by atoms with Crippen LogP contribution >= 0.6 is 0 Å². The highest BCUT2D eigenvalue weighted by Gasteiger charge is 2.42. The molecule has 24 heavy (non-hydrogen) atoms. The highest BCUT2D eigenvalue weighted by Crippen LogP contribution is 2.42. The first kappa shape index (κ1) is 16.2. The summed E-state index contributed by atoms with van der Waals surface area (Å²) < 4.78 is 34.4. The van der Waals surface area contributed by atoms with Gasteiger partial charge in [-0.1, -0.05) is 6.07 Å². The predicted molar refractivity (Wildman–Crippen MR) is 90.9 cm³/mol. The highest BCUT2D eigenvalue weighted by atomic mass is 32.2. The third-order valence-electron chi connectivity index (χ3n) is 5.07. The van der Waals surface area contributed by atoms with Crippen molar-refractivity contribution in [2.75, 3.05) is 24.5 Å². The van der Waals surface area contributed by atoms with E-state index in [0.717, 1.165) is 12.8 Å². The standard InChI is InChI=1S/C17H24N2O4S/c1-12-7-10-19(13-5-6-13)24(21,22)17-15(3-2-4-16(17)23-12)18-9-8-14(20)11-18/h2-4,12-14,20H,5-11H2,1H3/t12-,14+/m1/s1. The molecule has 0 amide bonds. The third-order valence-corrected chi connectivity index (χ3v) is 7.09. The molecule has 4 rings (SSSR count). The molecular weight excluding hydrogens is 328 g/mol. The second-order valence-electron chi connectivity index (χ2n) is 7.06. The molecule has 3 aliphatic rings. The van der Waals surface area contributed by atoms with Gasteiger partial charge in [0.05, 0.1) is 17.9 Å². The van der Waals surface area contributed by atoms with Crippen LogP contribution in [0.1, 0.15) is 32.6 Å². The lowest BCUT2D eigenvalue weighted by Crippen LogP contribution is -2.39. The second kappa shape index (κ2) is 5.89. The van der Waals surface area contributed by atoms with Crippen molar-refractivity contribution in [1.82, 2.24) is 4.31 Å². The van der Waals surface area contributed by atoms with Crippen molar-refractivity contribution < 1.29 is 18.3 Å². The van der Waals surface area contributed by atoms with E-state index in [1.165, 1.54) is 0 Å². The summed E-state index contributed by atoms with van der Waals surface area (Å²) in [6.45, 7) is 3.61. The molecule has 2 aliphatic heterocycles. The number of hydrogen-bond acceptors (Lipinski definition) is 5. The number of ether oxygens (including phenoxy) is 1. The number of anilines is 1. The van der Waals surface area contributed by atoms with E-state index >= 15 is 0 Å². The molecule has 6 nitrogen and oxygen atoms in total. The Morgan fingerprint density at radius 3 is 2.62 bits per heavy atom. The Balaban J connectivity index is 1.84. The van der Waals surface area contributed by atoms with E-state index in [-0.39, 0.29) is 17.0 Å². The maximum atomic E-state index is 13.4. The van der Waals surface area contributed by atoms with Crippen molar-refractivity contribution >= 4 is 15.7 Å². The highest BCUT2D eigenvalue weighted by molar-refractivity contribution is 7.89. The van der Waals surface area contributed by atoms with Gasteiger partial charge < -0.3 is 14.7 Å². The number of aliphatic hydroxyl groups is 1. The minimum absolute atomic E-state index is 0.0279. The molecule has 2 heterocycles. The van der Waals surface area contributed by atoms with Crippen molar-refractivity contribution in [3.05, 3.63) is 18.2 Å². The summed E-state index contributed by atoms with van der Waals surface area (Å²) >= 11 is 0. The van der Waals surface area contributed by atoms with Crippen LogP contribution in [0.25, 0.3) is 0 Å². The van der Waals surface area contributed by atoms with Crippen LogP contribution in [-0.2, 0) is 10.0 Å². The SMILES string of the molecule is C[C@@H]1CCN(C2CC2)S(=O)(=O)c2c(cccc2N2CC[C@H](O)C2)O1. The lowest BCUT2D eigenvalue weighted by atomic mass is 10.2. The molecule has 1 aromatic rings. The Hall–Kier alpha value is -1.31. The van der Waals surface area contributed by atoms with E-state index in [1.807, 2.05) is 24.0 Å². The molecule has 0 spiro atoms. The predicted octanol–water partition coefficient (Wildman–Crippen LogP) is 1.58. The molecule has 1 N–H and O–H groups in total. The molecule has 2 fully saturated rings. The van der Waals surface area contributed by atoms with E-state index in [2.05, 4.69) is 0 Å². The molecular formula is C17H24N2O4S. The van der Waals surface area contributed by atoms with Crippen LogP contribution in [0.4, 0.5) is 5.69 Å². The zero-order chi connectivity index (χ0) is 16.9. The fourth-order valence-electron chi connectivity index (χ4n) is 3.63. The zero-order valence-electron chi connectivity index (χ0n) is 13.9. The van der Waals surface area contributed by atoms with Crippen LogP contribution in [0, 0.1) is 0 Å². The number of hydrogen-bond donors (Lipinski definition) is 1. The molecule has 0 unspecified atom stereocenters. The summed E-state index contributed by atoms with van der Waals surface area (Å²) in [5, 5.41) is 9.86. The van der Waals surface area contributed by atoms with Crippen LogP contribution in [0.3, 0.4) is 0 Å². The summed E-state index contributed by atoms with van der Waals surface area (Å²) in [5.41, 5.74) is 0.656. The lowest BCUT2D eigenvalue weighted by molar-refractivity contribution is 0.186. The Bertz CT molecular complexity index is 732. The first-order valence-corrected chi connectivity index (χ1v) is 10.2. The summed E-state index contributed by atoms with van der Waals surface area (Å²) in [6.07, 6.45) is 2.80. The molecule has 0 radical (unpaired) electrons. The van der Waals surface area contributed by atoms with Crippen molar-refractivity contribution in [2.24, 2.45) is 0 Å². The van der Waals surface area contributed by atoms with Gasteiger partial charge in [0.2, 0.25) is 10.0 Å². The Kier molecular flexibility index (Phi) is 3.97. The minimum atomic E-state index is -3.60. The number of aliphatic hydroxyl groups excluding tert-OH is 1. The third kappa shape index (κ3) is 2.78. The molecule has 1 aromatic carbocycles. The summed E-state index contributed by atoms with van der Waals surface area (Å²) in [6, 6.07) is 5.54. The van der Waals surface area contributed by atoms with Gasteiger partial charge in [0.25, 0.3) is 0 Å². The topological polar surface area (TPSA) is 70.1 Å². The number of rotatable bonds is 2. The van der Waals surface area contributed by atoms with Gasteiger partial charge in [-0.3, -0.25) is 0 Å². The smallest absolute Gasteiger partial charge is 0.249 e. The van der Waals surface area contributed by atoms with Crippen molar-refractivity contribution in [1.29, 1.82) is 0 Å². The van der Waals surface area contributed by atoms with Crippen LogP contribution in [-0.4, -0.2) is 55.7 Å². The fraction of sp³-hybridized carbons (Fsp3) is 0.647. The van der Waals surface area contributed by atoms with Crippen LogP contribution < -0.4 is 9.64 Å². The monoisotopic (exact) mass is 352 g/mol. The van der Waals surface area contributed by atoms with Gasteiger partial charge in [-0.2, -0.15) is 4.31 Å². The van der Waals surface area contributed by atoms with Crippen molar-refractivity contribution in [3.8, 4) is 5.75 Å². The van der Waals surface area contributed by atoms with E-state index in [0.29, 0.717) is 43.9 Å². The Morgan fingerprint density at radius 1 is 1.17 bits per heavy atom. The van der Waals surface area contributed by atoms with Crippen LogP contribution in [0.5, 0.6) is 5.75 Å². The molecule has 132 valence electrons. The minimum Gasteiger partial charge on any atom is -0.489 e. The van der Waals surface area contributed by atoms with Crippen molar-refractivity contribution in [2.45, 2.75) is 55.8 Å². The summed E-state index contributed by atoms with van der Waals surface area (Å²) in [5.74, 6) is 0.437. The molecule has 7 heteroatoms. The Morgan fingerprint density at radius 2 is 1.96 bits per heavy atom. The number of sulfonamides is 1. The molecule has 1 saturated carbocycles. The Labute approximate surface area is 143 Å². The maximum absolute atomic E-state index is 13.4. The maximum Gasteiger partial charge on any atom is 0.249 e. The van der Waals surface area contributed by atoms with Gasteiger partial charge in [-0.05, 0) is 44.7 Å². The first-order chi connectivity index (χ1) is 11.5. The molecule has 0 bridgehead atoms. The van der Waals surface area contributed by atoms with Gasteiger partial charge in [-0.15, -0.1) is 0 Å². The molecule has 0 aromatic heterocycles. The number of benzene rings is 1. The van der Waals surface area contributed by atoms with Gasteiger partial charge >= 0.3 is 0 Å². The van der Waals surface area contributed by atoms with Gasteiger partial charge in [0, 0.05) is 25.7 Å². The molecule has 1 aliphatic carbocycles. The number of nitrogens with zero attached hydrogens (tertiary/aromatic N) is 2. The van der Waals surface area contributed by atoms with Crippen LogP contribution in [0.2, 0.25) is 0 Å². The van der Waals surface area contributed by atoms with Gasteiger partial charge in [-0.25, -0.2) is 8.42 Å². The van der Waals surface area contributed by atoms with E-state index in [9.17, 15) is 13.5 Å². The average molecular weight is 352 g/mol. The number of β-amino-alcohol motifs (C(OH)–C–C–N with tert-alkyl or cyclic N) is 1. The number of fused-ring (bicyclic) bond motifs is 1. The zero-order valence-corrected chi connectivity index (χ0v) is 14.7.